The number of nitrogens with one attached hydrogen (secondary N) is 1. The molecule has 22 heavy (non-hydrogen) atoms. The average molecular weight is 323 g/mol. The van der Waals surface area contributed by atoms with Gasteiger partial charge < -0.3 is 10.1 Å². The molecule has 0 radical (unpaired) electrons. The number of morpholine rings is 1. The molecule has 1 N–H and O–H groups in total. The summed E-state index contributed by atoms with van der Waals surface area (Å²) in [6.45, 7) is 4.18. The molecular weight excluding hydrogens is 302 g/mol. The van der Waals surface area contributed by atoms with Crippen molar-refractivity contribution in [3.05, 3.63) is 34.4 Å². The first-order chi connectivity index (χ1) is 10.7. The normalized spacial score (nSPS) is 26.0. The second-order valence-electron chi connectivity index (χ2n) is 5.75. The number of thioether (sulfide) groups is 1. The van der Waals surface area contributed by atoms with Crippen LogP contribution < -0.4 is 5.32 Å². The minimum Gasteiger partial charge on any atom is -0.379 e. The molecule has 2 fully saturated rings. The lowest BCUT2D eigenvalue weighted by molar-refractivity contribution is -0.384. The van der Waals surface area contributed by atoms with E-state index in [-0.39, 0.29) is 16.1 Å². The lowest BCUT2D eigenvalue weighted by Gasteiger charge is -2.43. The van der Waals surface area contributed by atoms with Crippen molar-refractivity contribution in [2.45, 2.75) is 12.0 Å². The summed E-state index contributed by atoms with van der Waals surface area (Å²) in [6, 6.07) is 6.87. The standard InChI is InChI=1S/C15H21N3O3S/c19-18(20)14-4-2-1-3-13(14)16-11-15(5-10-22-12-15)17-6-8-21-9-7-17/h1-4,16H,5-12H2/t15-/m1/s1. The van der Waals surface area contributed by atoms with Crippen molar-refractivity contribution in [2.75, 3.05) is 49.7 Å². The Bertz CT molecular complexity index is 529. The number of para-hydroxylation sites is 2. The topological polar surface area (TPSA) is 67.6 Å². The zero-order chi connectivity index (χ0) is 15.4. The Morgan fingerprint density at radius 1 is 1.36 bits per heavy atom. The monoisotopic (exact) mass is 323 g/mol. The summed E-state index contributed by atoms with van der Waals surface area (Å²) < 4.78 is 5.46. The van der Waals surface area contributed by atoms with Gasteiger partial charge in [-0.15, -0.1) is 0 Å². The molecule has 1 atom stereocenters. The molecule has 0 aliphatic carbocycles. The van der Waals surface area contributed by atoms with Gasteiger partial charge in [0.1, 0.15) is 5.69 Å². The molecule has 2 heterocycles. The number of rotatable bonds is 5. The molecule has 7 heteroatoms. The summed E-state index contributed by atoms with van der Waals surface area (Å²) in [4.78, 5) is 13.3. The number of nitro benzene ring substituents is 1. The van der Waals surface area contributed by atoms with Gasteiger partial charge >= 0.3 is 0 Å². The number of ether oxygens (including phenoxy) is 1. The minimum absolute atomic E-state index is 0.0815. The molecule has 6 nitrogen and oxygen atoms in total. The largest absolute Gasteiger partial charge is 0.379 e. The third-order valence-electron chi connectivity index (χ3n) is 4.47. The van der Waals surface area contributed by atoms with Crippen molar-refractivity contribution in [3.63, 3.8) is 0 Å². The highest BCUT2D eigenvalue weighted by Gasteiger charge is 2.40. The van der Waals surface area contributed by atoms with E-state index in [0.29, 0.717) is 5.69 Å². The fourth-order valence-electron chi connectivity index (χ4n) is 3.18. The van der Waals surface area contributed by atoms with Crippen LogP contribution in [0.5, 0.6) is 0 Å². The zero-order valence-corrected chi connectivity index (χ0v) is 13.3. The van der Waals surface area contributed by atoms with Crippen LogP contribution in [0.3, 0.4) is 0 Å². The molecule has 2 aliphatic heterocycles. The van der Waals surface area contributed by atoms with Gasteiger partial charge in [0.15, 0.2) is 0 Å². The van der Waals surface area contributed by atoms with E-state index in [2.05, 4.69) is 10.2 Å². The van der Waals surface area contributed by atoms with E-state index < -0.39 is 0 Å². The van der Waals surface area contributed by atoms with Crippen molar-refractivity contribution < 1.29 is 9.66 Å². The van der Waals surface area contributed by atoms with Gasteiger partial charge in [0, 0.05) is 37.0 Å². The summed E-state index contributed by atoms with van der Waals surface area (Å²) in [6.07, 6.45) is 1.12. The smallest absolute Gasteiger partial charge is 0.292 e. The maximum absolute atomic E-state index is 11.1. The summed E-state index contributed by atoms with van der Waals surface area (Å²) in [5.74, 6) is 2.22. The van der Waals surface area contributed by atoms with Crippen molar-refractivity contribution in [3.8, 4) is 0 Å². The molecule has 0 saturated carbocycles. The van der Waals surface area contributed by atoms with Crippen LogP contribution in [0, 0.1) is 10.1 Å². The third-order valence-corrected chi connectivity index (χ3v) is 5.71. The Balaban J connectivity index is 1.73. The predicted octanol–water partition coefficient (Wildman–Crippen LogP) is 2.21. The summed E-state index contributed by atoms with van der Waals surface area (Å²) in [5, 5.41) is 14.5. The second kappa shape index (κ2) is 6.85. The summed E-state index contributed by atoms with van der Waals surface area (Å²) in [7, 11) is 0. The number of anilines is 1. The second-order valence-corrected chi connectivity index (χ2v) is 6.86. The fraction of sp³-hybridized carbons (Fsp3) is 0.600. The van der Waals surface area contributed by atoms with Gasteiger partial charge in [-0.2, -0.15) is 11.8 Å². The Morgan fingerprint density at radius 3 is 2.82 bits per heavy atom. The van der Waals surface area contributed by atoms with Gasteiger partial charge in [-0.1, -0.05) is 12.1 Å². The molecule has 0 amide bonds. The van der Waals surface area contributed by atoms with E-state index in [1.165, 1.54) is 0 Å². The van der Waals surface area contributed by atoms with Crippen LogP contribution in [0.25, 0.3) is 0 Å². The Labute approximate surface area is 134 Å². The fourth-order valence-corrected chi connectivity index (χ4v) is 4.65. The molecule has 120 valence electrons. The summed E-state index contributed by atoms with van der Waals surface area (Å²) in [5.41, 5.74) is 0.834. The van der Waals surface area contributed by atoms with Gasteiger partial charge in [0.05, 0.1) is 18.1 Å². The van der Waals surface area contributed by atoms with Crippen LogP contribution in [0.1, 0.15) is 6.42 Å². The molecule has 0 bridgehead atoms. The van der Waals surface area contributed by atoms with E-state index in [1.807, 2.05) is 17.8 Å². The quantitative estimate of drug-likeness (QED) is 0.662. The van der Waals surface area contributed by atoms with Gasteiger partial charge in [-0.3, -0.25) is 15.0 Å². The van der Waals surface area contributed by atoms with E-state index in [9.17, 15) is 10.1 Å². The number of nitro groups is 1. The zero-order valence-electron chi connectivity index (χ0n) is 12.5. The van der Waals surface area contributed by atoms with Crippen LogP contribution in [-0.4, -0.2) is 59.7 Å². The van der Waals surface area contributed by atoms with E-state index in [0.717, 1.165) is 50.8 Å². The van der Waals surface area contributed by atoms with E-state index in [1.54, 1.807) is 18.2 Å². The maximum atomic E-state index is 11.1. The number of benzene rings is 1. The Morgan fingerprint density at radius 2 is 2.14 bits per heavy atom. The minimum atomic E-state index is -0.326. The summed E-state index contributed by atoms with van der Waals surface area (Å²) >= 11 is 1.96. The van der Waals surface area contributed by atoms with E-state index >= 15 is 0 Å². The first-order valence-corrected chi connectivity index (χ1v) is 8.75. The van der Waals surface area contributed by atoms with Gasteiger partial charge in [0.2, 0.25) is 0 Å². The van der Waals surface area contributed by atoms with Crippen LogP contribution in [0.15, 0.2) is 24.3 Å². The number of nitrogens with zero attached hydrogens (tertiary/aromatic N) is 2. The molecule has 1 aromatic rings. The van der Waals surface area contributed by atoms with Crippen LogP contribution in [-0.2, 0) is 4.74 Å². The van der Waals surface area contributed by atoms with Gasteiger partial charge in [0.25, 0.3) is 5.69 Å². The van der Waals surface area contributed by atoms with Crippen molar-refractivity contribution in [1.82, 2.24) is 4.90 Å². The van der Waals surface area contributed by atoms with Crippen molar-refractivity contribution >= 4 is 23.1 Å². The number of hydrogen-bond donors (Lipinski definition) is 1. The highest BCUT2D eigenvalue weighted by Crippen LogP contribution is 2.35. The maximum Gasteiger partial charge on any atom is 0.292 e. The molecule has 0 spiro atoms. The van der Waals surface area contributed by atoms with Crippen molar-refractivity contribution in [1.29, 1.82) is 0 Å². The molecule has 0 unspecified atom stereocenters. The van der Waals surface area contributed by atoms with Gasteiger partial charge in [-0.25, -0.2) is 0 Å². The number of hydrogen-bond acceptors (Lipinski definition) is 6. The SMILES string of the molecule is O=[N+]([O-])c1ccccc1NC[C@]1(N2CCOCC2)CCSC1. The first kappa shape index (κ1) is 15.6. The lowest BCUT2D eigenvalue weighted by atomic mass is 9.95. The molecule has 3 rings (SSSR count). The predicted molar refractivity (Wildman–Crippen MR) is 88.7 cm³/mol. The highest BCUT2D eigenvalue weighted by atomic mass is 32.2. The highest BCUT2D eigenvalue weighted by molar-refractivity contribution is 7.99. The average Bonchev–Trinajstić information content (AvgIpc) is 3.04. The molecule has 1 aromatic carbocycles. The molecular formula is C15H21N3O3S. The Kier molecular flexibility index (Phi) is 4.85. The molecule has 2 aliphatic rings. The molecule has 2 saturated heterocycles. The third kappa shape index (κ3) is 3.21. The van der Waals surface area contributed by atoms with Crippen molar-refractivity contribution in [2.24, 2.45) is 0 Å². The van der Waals surface area contributed by atoms with Crippen LogP contribution in [0.4, 0.5) is 11.4 Å². The van der Waals surface area contributed by atoms with Crippen LogP contribution >= 0.6 is 11.8 Å². The Hall–Kier alpha value is -1.31. The van der Waals surface area contributed by atoms with Gasteiger partial charge in [-0.05, 0) is 18.2 Å². The van der Waals surface area contributed by atoms with E-state index in [4.69, 9.17) is 4.74 Å². The lowest BCUT2D eigenvalue weighted by Crippen LogP contribution is -2.57. The molecule has 0 aromatic heterocycles. The first-order valence-electron chi connectivity index (χ1n) is 7.59. The van der Waals surface area contributed by atoms with Crippen LogP contribution in [0.2, 0.25) is 0 Å².